The van der Waals surface area contributed by atoms with Crippen LogP contribution in [0.25, 0.3) is 0 Å². The summed E-state index contributed by atoms with van der Waals surface area (Å²) in [5.74, 6) is -0.140. The third kappa shape index (κ3) is 5.99. The van der Waals surface area contributed by atoms with Gasteiger partial charge in [-0.25, -0.2) is 12.8 Å². The van der Waals surface area contributed by atoms with E-state index in [1.165, 1.54) is 29.3 Å². The van der Waals surface area contributed by atoms with Crippen LogP contribution in [0.4, 0.5) is 4.39 Å². The second-order valence-electron chi connectivity index (χ2n) is 8.35. The van der Waals surface area contributed by atoms with Gasteiger partial charge in [-0.1, -0.05) is 6.92 Å². The van der Waals surface area contributed by atoms with Crippen molar-refractivity contribution in [2.45, 2.75) is 43.9 Å². The molecule has 1 N–H and O–H groups in total. The fourth-order valence-corrected chi connectivity index (χ4v) is 5.80. The van der Waals surface area contributed by atoms with Gasteiger partial charge in [-0.3, -0.25) is 4.79 Å². The van der Waals surface area contributed by atoms with Crippen molar-refractivity contribution in [3.63, 3.8) is 0 Å². The van der Waals surface area contributed by atoms with E-state index < -0.39 is 15.8 Å². The van der Waals surface area contributed by atoms with Gasteiger partial charge in [0.1, 0.15) is 5.82 Å². The van der Waals surface area contributed by atoms with Gasteiger partial charge in [0.25, 0.3) is 0 Å². The number of nitrogens with zero attached hydrogens (tertiary/aromatic N) is 2. The second-order valence-corrected chi connectivity index (χ2v) is 10.3. The quantitative estimate of drug-likeness (QED) is 0.682. The molecule has 2 saturated heterocycles. The maximum atomic E-state index is 13.1. The van der Waals surface area contributed by atoms with E-state index in [4.69, 9.17) is 0 Å². The Kier molecular flexibility index (Phi) is 7.65. The molecule has 3 rings (SSSR count). The van der Waals surface area contributed by atoms with Crippen molar-refractivity contribution in [2.24, 2.45) is 11.8 Å². The van der Waals surface area contributed by atoms with E-state index in [-0.39, 0.29) is 23.3 Å². The number of hydrogen-bond donors (Lipinski definition) is 1. The van der Waals surface area contributed by atoms with Gasteiger partial charge in [0.2, 0.25) is 15.9 Å². The number of benzene rings is 1. The maximum absolute atomic E-state index is 13.1. The Balaban J connectivity index is 1.47. The molecular weight excluding hydrogens is 393 g/mol. The topological polar surface area (TPSA) is 69.7 Å². The third-order valence-electron chi connectivity index (χ3n) is 5.90. The van der Waals surface area contributed by atoms with Crippen LogP contribution >= 0.6 is 0 Å². The lowest BCUT2D eigenvalue weighted by atomic mass is 9.99. The molecule has 0 spiro atoms. The summed E-state index contributed by atoms with van der Waals surface area (Å²) in [4.78, 5) is 15.1. The first-order valence-electron chi connectivity index (χ1n) is 10.6. The van der Waals surface area contributed by atoms with Crippen LogP contribution in [0.3, 0.4) is 0 Å². The van der Waals surface area contributed by atoms with Crippen LogP contribution in [-0.2, 0) is 14.8 Å². The first-order chi connectivity index (χ1) is 13.9. The molecule has 0 aromatic heterocycles. The van der Waals surface area contributed by atoms with Crippen LogP contribution in [0.15, 0.2) is 29.2 Å². The van der Waals surface area contributed by atoms with Gasteiger partial charge in [-0.2, -0.15) is 4.31 Å². The second kappa shape index (κ2) is 10.00. The fourth-order valence-electron chi connectivity index (χ4n) is 4.28. The molecule has 0 unspecified atom stereocenters. The van der Waals surface area contributed by atoms with Crippen LogP contribution in [-0.4, -0.2) is 62.8 Å². The summed E-state index contributed by atoms with van der Waals surface area (Å²) in [6.07, 6.45) is 4.78. The molecule has 1 aromatic rings. The number of nitrogens with one attached hydrogen (secondary N) is 1. The molecule has 2 heterocycles. The van der Waals surface area contributed by atoms with Gasteiger partial charge in [0.05, 0.1) is 10.8 Å². The summed E-state index contributed by atoms with van der Waals surface area (Å²) in [5, 5.41) is 2.99. The van der Waals surface area contributed by atoms with Crippen molar-refractivity contribution in [1.82, 2.24) is 14.5 Å². The van der Waals surface area contributed by atoms with Crippen LogP contribution < -0.4 is 5.32 Å². The Morgan fingerprint density at radius 3 is 2.59 bits per heavy atom. The van der Waals surface area contributed by atoms with E-state index in [0.29, 0.717) is 25.9 Å². The summed E-state index contributed by atoms with van der Waals surface area (Å²) >= 11 is 0. The van der Waals surface area contributed by atoms with Crippen LogP contribution in [0.1, 0.15) is 39.0 Å². The molecule has 6 nitrogen and oxygen atoms in total. The predicted molar refractivity (Wildman–Crippen MR) is 110 cm³/mol. The highest BCUT2D eigenvalue weighted by atomic mass is 32.2. The summed E-state index contributed by atoms with van der Waals surface area (Å²) in [6, 6.07) is 4.83. The summed E-state index contributed by atoms with van der Waals surface area (Å²) in [6.45, 7) is 6.71. The highest BCUT2D eigenvalue weighted by Gasteiger charge is 2.33. The van der Waals surface area contributed by atoms with E-state index >= 15 is 0 Å². The van der Waals surface area contributed by atoms with E-state index in [9.17, 15) is 17.6 Å². The number of halogens is 1. The molecule has 0 saturated carbocycles. The molecule has 29 heavy (non-hydrogen) atoms. The number of carbonyl (C=O) groups is 1. The molecule has 2 atom stereocenters. The fraction of sp³-hybridized carbons (Fsp3) is 0.667. The lowest BCUT2D eigenvalue weighted by Crippen LogP contribution is -2.45. The summed E-state index contributed by atoms with van der Waals surface area (Å²) in [7, 11) is -3.71. The molecule has 0 bridgehead atoms. The van der Waals surface area contributed by atoms with E-state index in [0.717, 1.165) is 44.1 Å². The van der Waals surface area contributed by atoms with E-state index in [1.807, 2.05) is 0 Å². The lowest BCUT2D eigenvalue weighted by Gasteiger charge is -2.32. The Bertz CT molecular complexity index is 785. The molecular formula is C21H32FN3O3S. The van der Waals surface area contributed by atoms with Gasteiger partial charge in [0, 0.05) is 26.2 Å². The van der Waals surface area contributed by atoms with Gasteiger partial charge in [-0.05, 0) is 75.4 Å². The van der Waals surface area contributed by atoms with Crippen molar-refractivity contribution in [3.05, 3.63) is 30.1 Å². The molecule has 1 aromatic carbocycles. The largest absolute Gasteiger partial charge is 0.356 e. The Morgan fingerprint density at radius 2 is 1.86 bits per heavy atom. The van der Waals surface area contributed by atoms with Crippen molar-refractivity contribution in [3.8, 4) is 0 Å². The molecule has 1 amide bonds. The molecule has 2 aliphatic heterocycles. The molecule has 2 fully saturated rings. The first-order valence-corrected chi connectivity index (χ1v) is 12.1. The third-order valence-corrected chi connectivity index (χ3v) is 7.78. The minimum absolute atomic E-state index is 0.0655. The van der Waals surface area contributed by atoms with Gasteiger partial charge in [-0.15, -0.1) is 0 Å². The SMILES string of the molecule is C[C@@H]1CCCN(CCCNC(=O)[C@@H]2CCCN(S(=O)(=O)c3ccc(F)cc3)C2)C1. The zero-order valence-electron chi connectivity index (χ0n) is 17.1. The summed E-state index contributed by atoms with van der Waals surface area (Å²) < 4.78 is 40.0. The summed E-state index contributed by atoms with van der Waals surface area (Å²) in [5.41, 5.74) is 0. The normalized spacial score (nSPS) is 24.3. The average Bonchev–Trinajstić information content (AvgIpc) is 2.71. The zero-order chi connectivity index (χ0) is 20.9. The van der Waals surface area contributed by atoms with Crippen molar-refractivity contribution < 1.29 is 17.6 Å². The minimum atomic E-state index is -3.71. The van der Waals surface area contributed by atoms with Crippen LogP contribution in [0, 0.1) is 17.7 Å². The van der Waals surface area contributed by atoms with E-state index in [2.05, 4.69) is 17.1 Å². The monoisotopic (exact) mass is 425 g/mol. The van der Waals surface area contributed by atoms with Gasteiger partial charge in [0.15, 0.2) is 0 Å². The Labute approximate surface area is 173 Å². The Morgan fingerprint density at radius 1 is 1.14 bits per heavy atom. The number of carbonyl (C=O) groups excluding carboxylic acids is 1. The van der Waals surface area contributed by atoms with Crippen LogP contribution in [0.5, 0.6) is 0 Å². The Hall–Kier alpha value is -1.51. The minimum Gasteiger partial charge on any atom is -0.356 e. The number of rotatable bonds is 7. The highest BCUT2D eigenvalue weighted by Crippen LogP contribution is 2.24. The van der Waals surface area contributed by atoms with E-state index in [1.54, 1.807) is 0 Å². The molecule has 8 heteroatoms. The zero-order valence-corrected chi connectivity index (χ0v) is 18.0. The first kappa shape index (κ1) is 22.2. The number of hydrogen-bond acceptors (Lipinski definition) is 4. The molecule has 2 aliphatic rings. The van der Waals surface area contributed by atoms with Crippen molar-refractivity contribution >= 4 is 15.9 Å². The van der Waals surface area contributed by atoms with Crippen molar-refractivity contribution in [2.75, 3.05) is 39.3 Å². The molecule has 0 aliphatic carbocycles. The molecule has 0 radical (unpaired) electrons. The average molecular weight is 426 g/mol. The number of likely N-dealkylation sites (tertiary alicyclic amines) is 1. The lowest BCUT2D eigenvalue weighted by molar-refractivity contribution is -0.126. The number of amides is 1. The van der Waals surface area contributed by atoms with Gasteiger partial charge >= 0.3 is 0 Å². The van der Waals surface area contributed by atoms with Crippen molar-refractivity contribution in [1.29, 1.82) is 0 Å². The predicted octanol–water partition coefficient (Wildman–Crippen LogP) is 2.46. The highest BCUT2D eigenvalue weighted by molar-refractivity contribution is 7.89. The standard InChI is InChI=1S/C21H32FN3O3S/c1-17-5-2-12-24(15-17)13-4-11-23-21(26)18-6-3-14-25(16-18)29(27,28)20-9-7-19(22)8-10-20/h7-10,17-18H,2-6,11-16H2,1H3,(H,23,26)/t17-,18-/m1/s1. The smallest absolute Gasteiger partial charge is 0.243 e. The number of piperidine rings is 2. The van der Waals surface area contributed by atoms with Crippen LogP contribution in [0.2, 0.25) is 0 Å². The van der Waals surface area contributed by atoms with Gasteiger partial charge < -0.3 is 10.2 Å². The maximum Gasteiger partial charge on any atom is 0.243 e. The molecule has 162 valence electrons. The number of sulfonamides is 1.